The number of halogens is 2. The number of ether oxygens (including phenoxy) is 1. The molecule has 0 heterocycles. The zero-order chi connectivity index (χ0) is 9.84. The summed E-state index contributed by atoms with van der Waals surface area (Å²) >= 11 is 5.21. The summed E-state index contributed by atoms with van der Waals surface area (Å²) < 4.78 is 17.6. The van der Waals surface area contributed by atoms with Crippen molar-refractivity contribution in [3.63, 3.8) is 0 Å². The summed E-state index contributed by atoms with van der Waals surface area (Å²) in [5, 5.41) is 10.2. The Morgan fingerprint density at radius 1 is 1.62 bits per heavy atom. The van der Waals surface area contributed by atoms with Gasteiger partial charge in [0.25, 0.3) is 0 Å². The second kappa shape index (κ2) is 4.04. The molecule has 0 aromatic heterocycles. The minimum Gasteiger partial charge on any atom is -0.478 e. The molecule has 0 saturated carbocycles. The molecule has 1 aromatic carbocycles. The van der Waals surface area contributed by atoms with E-state index in [-0.39, 0.29) is 11.8 Å². The second-order valence-electron chi connectivity index (χ2n) is 2.12. The summed E-state index contributed by atoms with van der Waals surface area (Å²) in [6.45, 7) is 0. The number of benzene rings is 1. The van der Waals surface area contributed by atoms with Crippen molar-refractivity contribution in [2.75, 3.05) is 6.07 Å². The quantitative estimate of drug-likeness (QED) is 0.432. The number of hydrogen-bond acceptors (Lipinski definition) is 3. The molecule has 6 heteroatoms. The van der Waals surface area contributed by atoms with Crippen LogP contribution in [0, 0.1) is 15.9 Å². The van der Waals surface area contributed by atoms with E-state index in [9.17, 15) is 14.5 Å². The van der Waals surface area contributed by atoms with E-state index >= 15 is 0 Å². The average molecular weight is 206 g/mol. The monoisotopic (exact) mass is 205 g/mol. The maximum atomic E-state index is 12.9. The van der Waals surface area contributed by atoms with E-state index < -0.39 is 16.4 Å². The van der Waals surface area contributed by atoms with Gasteiger partial charge in [0.05, 0.1) is 4.92 Å². The summed E-state index contributed by atoms with van der Waals surface area (Å²) in [6, 6.07) is 3.10. The van der Waals surface area contributed by atoms with Crippen LogP contribution in [0.3, 0.4) is 0 Å². The van der Waals surface area contributed by atoms with Crippen molar-refractivity contribution in [3.05, 3.63) is 34.1 Å². The first-order chi connectivity index (χ1) is 6.15. The molecule has 13 heavy (non-hydrogen) atoms. The van der Waals surface area contributed by atoms with Gasteiger partial charge < -0.3 is 4.74 Å². The van der Waals surface area contributed by atoms with Crippen molar-refractivity contribution < 1.29 is 14.1 Å². The van der Waals surface area contributed by atoms with Gasteiger partial charge in [-0.25, -0.2) is 0 Å². The van der Waals surface area contributed by atoms with Crippen LogP contribution < -0.4 is 4.74 Å². The van der Waals surface area contributed by atoms with E-state index in [2.05, 4.69) is 0 Å². The van der Waals surface area contributed by atoms with Gasteiger partial charge in [0.2, 0.25) is 5.82 Å². The molecule has 0 aliphatic carbocycles. The Morgan fingerprint density at radius 3 is 2.77 bits per heavy atom. The Kier molecular flexibility index (Phi) is 3.02. The van der Waals surface area contributed by atoms with E-state index in [1.54, 1.807) is 0 Å². The van der Waals surface area contributed by atoms with Crippen molar-refractivity contribution in [3.8, 4) is 5.75 Å². The van der Waals surface area contributed by atoms with Crippen LogP contribution in [-0.2, 0) is 0 Å². The van der Waals surface area contributed by atoms with Crippen LogP contribution in [0.2, 0.25) is 0 Å². The van der Waals surface area contributed by atoms with Gasteiger partial charge >= 0.3 is 5.69 Å². The van der Waals surface area contributed by atoms with Gasteiger partial charge in [-0.3, -0.25) is 10.1 Å². The van der Waals surface area contributed by atoms with Crippen LogP contribution in [0.1, 0.15) is 0 Å². The minimum absolute atomic E-state index is 0.128. The van der Waals surface area contributed by atoms with Gasteiger partial charge in [-0.2, -0.15) is 4.39 Å². The molecule has 0 bridgehead atoms. The fraction of sp³-hybridized carbons (Fsp3) is 0.143. The lowest BCUT2D eigenvalue weighted by atomic mass is 10.3. The van der Waals surface area contributed by atoms with Crippen molar-refractivity contribution in [1.82, 2.24) is 0 Å². The molecular formula is C7H5ClFNO3. The minimum atomic E-state index is -0.937. The Morgan fingerprint density at radius 2 is 2.31 bits per heavy atom. The van der Waals surface area contributed by atoms with Gasteiger partial charge in [-0.1, -0.05) is 11.6 Å². The molecule has 0 saturated heterocycles. The van der Waals surface area contributed by atoms with Gasteiger partial charge in [0.1, 0.15) is 5.75 Å². The van der Waals surface area contributed by atoms with Crippen LogP contribution in [0.4, 0.5) is 10.1 Å². The van der Waals surface area contributed by atoms with Crippen molar-refractivity contribution in [2.45, 2.75) is 0 Å². The third kappa shape index (κ3) is 2.29. The highest BCUT2D eigenvalue weighted by Crippen LogP contribution is 2.22. The second-order valence-corrected chi connectivity index (χ2v) is 2.34. The van der Waals surface area contributed by atoms with Gasteiger partial charge in [-0.15, -0.1) is 0 Å². The molecule has 0 spiro atoms. The van der Waals surface area contributed by atoms with E-state index in [0.717, 1.165) is 12.1 Å². The summed E-state index contributed by atoms with van der Waals surface area (Å²) in [4.78, 5) is 9.38. The highest BCUT2D eigenvalue weighted by molar-refractivity contribution is 6.17. The highest BCUT2D eigenvalue weighted by atomic mass is 35.5. The fourth-order valence-electron chi connectivity index (χ4n) is 0.788. The summed E-state index contributed by atoms with van der Waals surface area (Å²) in [5.41, 5.74) is -0.582. The number of rotatable bonds is 3. The highest BCUT2D eigenvalue weighted by Gasteiger charge is 2.13. The van der Waals surface area contributed by atoms with Crippen molar-refractivity contribution >= 4 is 17.3 Å². The molecular weight excluding hydrogens is 201 g/mol. The van der Waals surface area contributed by atoms with Gasteiger partial charge in [-0.05, 0) is 6.07 Å². The Balaban J connectivity index is 2.98. The SMILES string of the molecule is O=[N+]([O-])c1ccc(OCCl)cc1F. The molecule has 0 fully saturated rings. The standard InChI is InChI=1S/C7H5ClFNO3/c8-4-13-5-1-2-7(10(11)12)6(9)3-5/h1-3H,4H2. The Bertz CT molecular complexity index is 332. The van der Waals surface area contributed by atoms with E-state index in [0.29, 0.717) is 0 Å². The van der Waals surface area contributed by atoms with Crippen LogP contribution in [0.15, 0.2) is 18.2 Å². The summed E-state index contributed by atoms with van der Waals surface area (Å²) in [5.74, 6) is -0.772. The van der Waals surface area contributed by atoms with Gasteiger partial charge in [0, 0.05) is 12.1 Å². The first-order valence-corrected chi connectivity index (χ1v) is 3.81. The zero-order valence-corrected chi connectivity index (χ0v) is 7.12. The number of nitro groups is 1. The maximum absolute atomic E-state index is 12.9. The molecule has 0 aliphatic rings. The smallest absolute Gasteiger partial charge is 0.305 e. The Labute approximate surface area is 78.0 Å². The summed E-state index contributed by atoms with van der Waals surface area (Å²) in [7, 11) is 0. The van der Waals surface area contributed by atoms with Crippen molar-refractivity contribution in [1.29, 1.82) is 0 Å². The maximum Gasteiger partial charge on any atom is 0.305 e. The molecule has 0 radical (unpaired) electrons. The van der Waals surface area contributed by atoms with E-state index in [1.165, 1.54) is 6.07 Å². The lowest BCUT2D eigenvalue weighted by Gasteiger charge is -2.00. The predicted octanol–water partition coefficient (Wildman–Crippen LogP) is 2.31. The fourth-order valence-corrected chi connectivity index (χ4v) is 0.914. The third-order valence-corrected chi connectivity index (χ3v) is 1.45. The molecule has 1 rings (SSSR count). The first-order valence-electron chi connectivity index (χ1n) is 3.28. The topological polar surface area (TPSA) is 52.4 Å². The Hall–Kier alpha value is -1.36. The van der Waals surface area contributed by atoms with Crippen LogP contribution >= 0.6 is 11.6 Å². The molecule has 70 valence electrons. The molecule has 0 aliphatic heterocycles. The molecule has 1 aromatic rings. The molecule has 0 N–H and O–H groups in total. The van der Waals surface area contributed by atoms with Crippen LogP contribution in [0.25, 0.3) is 0 Å². The largest absolute Gasteiger partial charge is 0.478 e. The first kappa shape index (κ1) is 9.73. The van der Waals surface area contributed by atoms with E-state index in [1.807, 2.05) is 0 Å². The molecule has 0 unspecified atom stereocenters. The zero-order valence-electron chi connectivity index (χ0n) is 6.37. The normalized spacial score (nSPS) is 9.69. The number of nitro benzene ring substituents is 1. The lowest BCUT2D eigenvalue weighted by Crippen LogP contribution is -1.94. The molecule has 0 amide bonds. The third-order valence-electron chi connectivity index (χ3n) is 1.34. The van der Waals surface area contributed by atoms with Crippen molar-refractivity contribution in [2.24, 2.45) is 0 Å². The average Bonchev–Trinajstić information content (AvgIpc) is 2.04. The summed E-state index contributed by atoms with van der Waals surface area (Å²) in [6.07, 6.45) is 0. The van der Waals surface area contributed by atoms with E-state index in [4.69, 9.17) is 16.3 Å². The lowest BCUT2D eigenvalue weighted by molar-refractivity contribution is -0.387. The number of hydrogen-bond donors (Lipinski definition) is 0. The number of alkyl halides is 1. The van der Waals surface area contributed by atoms with Gasteiger partial charge in [0.15, 0.2) is 6.07 Å². The molecule has 0 atom stereocenters. The van der Waals surface area contributed by atoms with Crippen LogP contribution in [0.5, 0.6) is 5.75 Å². The molecule has 4 nitrogen and oxygen atoms in total. The number of nitrogens with zero attached hydrogens (tertiary/aromatic N) is 1. The predicted molar refractivity (Wildman–Crippen MR) is 44.4 cm³/mol. The van der Waals surface area contributed by atoms with Crippen LogP contribution in [-0.4, -0.2) is 11.0 Å².